The van der Waals surface area contributed by atoms with Crippen LogP contribution >= 0.6 is 0 Å². The molecule has 5 nitrogen and oxygen atoms in total. The van der Waals surface area contributed by atoms with E-state index < -0.39 is 5.97 Å². The van der Waals surface area contributed by atoms with Crippen LogP contribution in [0.15, 0.2) is 30.5 Å². The fourth-order valence-electron chi connectivity index (χ4n) is 2.12. The number of amides is 1. The molecule has 0 spiro atoms. The first-order valence-corrected chi connectivity index (χ1v) is 7.00. The van der Waals surface area contributed by atoms with E-state index >= 15 is 0 Å². The Morgan fingerprint density at radius 1 is 1.24 bits per heavy atom. The van der Waals surface area contributed by atoms with Crippen molar-refractivity contribution >= 4 is 28.5 Å². The highest BCUT2D eigenvalue weighted by Gasteiger charge is 2.16. The minimum Gasteiger partial charge on any atom is -0.480 e. The first-order chi connectivity index (χ1) is 9.88. The van der Waals surface area contributed by atoms with Gasteiger partial charge in [0.15, 0.2) is 0 Å². The number of aliphatic carboxylic acids is 1. The zero-order valence-electron chi connectivity index (χ0n) is 12.5. The Bertz CT molecular complexity index is 673. The first-order valence-electron chi connectivity index (χ1n) is 7.00. The summed E-state index contributed by atoms with van der Waals surface area (Å²) < 4.78 is 1.67. The summed E-state index contributed by atoms with van der Waals surface area (Å²) in [5.41, 5.74) is 1.57. The standard InChI is InChI=1S/C16H20N2O3/c1-10(2)11(3)16(21)17-13-4-5-14-12(8-13)6-7-18(14)9-15(19)20/h4-8,10-11H,9H2,1-3H3,(H,17,21)(H,19,20). The van der Waals surface area contributed by atoms with Crippen LogP contribution in [0.5, 0.6) is 0 Å². The highest BCUT2D eigenvalue weighted by atomic mass is 16.4. The molecule has 0 bridgehead atoms. The monoisotopic (exact) mass is 288 g/mol. The topological polar surface area (TPSA) is 71.3 Å². The van der Waals surface area contributed by atoms with Crippen molar-refractivity contribution < 1.29 is 14.7 Å². The molecule has 0 aliphatic carbocycles. The number of hydrogen-bond acceptors (Lipinski definition) is 2. The number of aromatic nitrogens is 1. The molecule has 2 rings (SSSR count). The van der Waals surface area contributed by atoms with Gasteiger partial charge in [0.05, 0.1) is 0 Å². The molecule has 1 heterocycles. The number of carbonyl (C=O) groups excluding carboxylic acids is 1. The lowest BCUT2D eigenvalue weighted by atomic mass is 9.97. The van der Waals surface area contributed by atoms with Gasteiger partial charge in [-0.3, -0.25) is 9.59 Å². The third-order valence-corrected chi connectivity index (χ3v) is 3.76. The van der Waals surface area contributed by atoms with Crippen molar-refractivity contribution in [2.24, 2.45) is 11.8 Å². The predicted octanol–water partition coefficient (Wildman–Crippen LogP) is 2.96. The molecule has 1 unspecified atom stereocenters. The quantitative estimate of drug-likeness (QED) is 0.888. The van der Waals surface area contributed by atoms with E-state index in [-0.39, 0.29) is 24.3 Å². The fourth-order valence-corrected chi connectivity index (χ4v) is 2.12. The second-order valence-electron chi connectivity index (χ2n) is 5.63. The largest absolute Gasteiger partial charge is 0.480 e. The van der Waals surface area contributed by atoms with Crippen molar-refractivity contribution in [2.75, 3.05) is 5.32 Å². The minimum atomic E-state index is -0.879. The SMILES string of the molecule is CC(C)C(C)C(=O)Nc1ccc2c(ccn2CC(=O)O)c1. The van der Waals surface area contributed by atoms with E-state index in [1.807, 2.05) is 39.0 Å². The van der Waals surface area contributed by atoms with Gasteiger partial charge in [0.1, 0.15) is 6.54 Å². The molecule has 1 aromatic carbocycles. The van der Waals surface area contributed by atoms with Crippen LogP contribution in [0.1, 0.15) is 20.8 Å². The van der Waals surface area contributed by atoms with Crippen LogP contribution in [0.4, 0.5) is 5.69 Å². The number of carbonyl (C=O) groups is 2. The molecule has 2 N–H and O–H groups in total. The zero-order chi connectivity index (χ0) is 15.6. The number of nitrogens with zero attached hydrogens (tertiary/aromatic N) is 1. The molecule has 0 radical (unpaired) electrons. The van der Waals surface area contributed by atoms with Crippen molar-refractivity contribution in [3.8, 4) is 0 Å². The number of rotatable bonds is 5. The average molecular weight is 288 g/mol. The molecule has 2 aromatic rings. The van der Waals surface area contributed by atoms with Crippen molar-refractivity contribution in [3.63, 3.8) is 0 Å². The summed E-state index contributed by atoms with van der Waals surface area (Å²) in [6, 6.07) is 7.33. The summed E-state index contributed by atoms with van der Waals surface area (Å²) in [6.45, 7) is 5.86. The molecule has 21 heavy (non-hydrogen) atoms. The summed E-state index contributed by atoms with van der Waals surface area (Å²) in [6.07, 6.45) is 1.74. The van der Waals surface area contributed by atoms with E-state index in [1.165, 1.54) is 0 Å². The molecule has 0 aliphatic heterocycles. The van der Waals surface area contributed by atoms with Gasteiger partial charge in [-0.15, -0.1) is 0 Å². The maximum absolute atomic E-state index is 12.0. The van der Waals surface area contributed by atoms with Crippen molar-refractivity contribution in [1.29, 1.82) is 0 Å². The maximum Gasteiger partial charge on any atom is 0.323 e. The van der Waals surface area contributed by atoms with Crippen molar-refractivity contribution in [1.82, 2.24) is 4.57 Å². The highest BCUT2D eigenvalue weighted by Crippen LogP contribution is 2.22. The molecule has 1 amide bonds. The third-order valence-electron chi connectivity index (χ3n) is 3.76. The Labute approximate surface area is 123 Å². The number of fused-ring (bicyclic) bond motifs is 1. The smallest absolute Gasteiger partial charge is 0.323 e. The van der Waals surface area contributed by atoms with Gasteiger partial charge in [0.25, 0.3) is 0 Å². The van der Waals surface area contributed by atoms with E-state index in [1.54, 1.807) is 16.8 Å². The van der Waals surface area contributed by atoms with Gasteiger partial charge in [-0.1, -0.05) is 20.8 Å². The third kappa shape index (κ3) is 3.42. The second-order valence-corrected chi connectivity index (χ2v) is 5.63. The van der Waals surface area contributed by atoms with Gasteiger partial charge in [0.2, 0.25) is 5.91 Å². The second kappa shape index (κ2) is 5.99. The van der Waals surface area contributed by atoms with Crippen molar-refractivity contribution in [3.05, 3.63) is 30.5 Å². The highest BCUT2D eigenvalue weighted by molar-refractivity contribution is 5.95. The van der Waals surface area contributed by atoms with Gasteiger partial charge in [-0.25, -0.2) is 0 Å². The number of carboxylic acids is 1. The predicted molar refractivity (Wildman–Crippen MR) is 82.2 cm³/mol. The van der Waals surface area contributed by atoms with E-state index in [9.17, 15) is 9.59 Å². The van der Waals surface area contributed by atoms with E-state index in [0.717, 1.165) is 16.6 Å². The first kappa shape index (κ1) is 15.1. The molecule has 1 atom stereocenters. The van der Waals surface area contributed by atoms with Gasteiger partial charge in [-0.2, -0.15) is 0 Å². The van der Waals surface area contributed by atoms with Crippen LogP contribution < -0.4 is 5.32 Å². The summed E-state index contributed by atoms with van der Waals surface area (Å²) in [4.78, 5) is 22.8. The molecule has 0 saturated carbocycles. The molecule has 1 aromatic heterocycles. The number of anilines is 1. The normalized spacial score (nSPS) is 12.6. The summed E-state index contributed by atoms with van der Waals surface area (Å²) >= 11 is 0. The van der Waals surface area contributed by atoms with Gasteiger partial charge >= 0.3 is 5.97 Å². The lowest BCUT2D eigenvalue weighted by Gasteiger charge is -2.15. The number of carboxylic acid groups (broad SMARTS) is 1. The van der Waals surface area contributed by atoms with Gasteiger partial charge in [-0.05, 0) is 30.2 Å². The van der Waals surface area contributed by atoms with Crippen LogP contribution in [0.3, 0.4) is 0 Å². The zero-order valence-corrected chi connectivity index (χ0v) is 12.5. The summed E-state index contributed by atoms with van der Waals surface area (Å²) in [7, 11) is 0. The van der Waals surface area contributed by atoms with Crippen LogP contribution in [-0.2, 0) is 16.1 Å². The minimum absolute atomic E-state index is 0.00526. The molecular formula is C16H20N2O3. The lowest BCUT2D eigenvalue weighted by molar-refractivity contribution is -0.137. The lowest BCUT2D eigenvalue weighted by Crippen LogP contribution is -2.24. The number of nitrogens with one attached hydrogen (secondary N) is 1. The van der Waals surface area contributed by atoms with Crippen LogP contribution in [0.25, 0.3) is 10.9 Å². The molecule has 0 saturated heterocycles. The van der Waals surface area contributed by atoms with Gasteiger partial charge < -0.3 is 15.0 Å². The Balaban J connectivity index is 2.20. The molecule has 0 aliphatic rings. The average Bonchev–Trinajstić information content (AvgIpc) is 2.79. The molecule has 112 valence electrons. The Kier molecular flexibility index (Phi) is 4.31. The number of benzene rings is 1. The van der Waals surface area contributed by atoms with Gasteiger partial charge in [0, 0.05) is 28.7 Å². The van der Waals surface area contributed by atoms with Crippen LogP contribution in [-0.4, -0.2) is 21.6 Å². The van der Waals surface area contributed by atoms with Crippen LogP contribution in [0, 0.1) is 11.8 Å². The Morgan fingerprint density at radius 2 is 1.95 bits per heavy atom. The van der Waals surface area contributed by atoms with Crippen molar-refractivity contribution in [2.45, 2.75) is 27.3 Å². The van der Waals surface area contributed by atoms with E-state index in [4.69, 9.17) is 5.11 Å². The molecular weight excluding hydrogens is 268 g/mol. The van der Waals surface area contributed by atoms with Crippen LogP contribution in [0.2, 0.25) is 0 Å². The fraction of sp³-hybridized carbons (Fsp3) is 0.375. The number of hydrogen-bond donors (Lipinski definition) is 2. The van der Waals surface area contributed by atoms with E-state index in [2.05, 4.69) is 5.32 Å². The Morgan fingerprint density at radius 3 is 2.57 bits per heavy atom. The molecule has 5 heteroatoms. The summed E-state index contributed by atoms with van der Waals surface area (Å²) in [5, 5.41) is 12.7. The van der Waals surface area contributed by atoms with E-state index in [0.29, 0.717) is 0 Å². The summed E-state index contributed by atoms with van der Waals surface area (Å²) in [5.74, 6) is -0.660. The maximum atomic E-state index is 12.0. The Hall–Kier alpha value is -2.30. The molecule has 0 fully saturated rings.